The molecule has 110 valence electrons. The van der Waals surface area contributed by atoms with Crippen LogP contribution in [0.2, 0.25) is 0 Å². The minimum Gasteiger partial charge on any atom is -0.311 e. The van der Waals surface area contributed by atoms with Crippen molar-refractivity contribution in [2.75, 3.05) is 13.6 Å². The summed E-state index contributed by atoms with van der Waals surface area (Å²) in [7, 11) is 3.78. The minimum atomic E-state index is -0.00688. The SMILES string of the molecule is CN1CC(c2ccc3ncc4ccc(=O)n(C)c4c3c2)C=N1. The van der Waals surface area contributed by atoms with Crippen molar-refractivity contribution < 1.29 is 0 Å². The van der Waals surface area contributed by atoms with Crippen LogP contribution in [0.1, 0.15) is 11.5 Å². The number of aryl methyl sites for hydroxylation is 1. The number of hydrogen-bond acceptors (Lipinski definition) is 4. The van der Waals surface area contributed by atoms with E-state index in [1.807, 2.05) is 43.6 Å². The van der Waals surface area contributed by atoms with Gasteiger partial charge in [-0.15, -0.1) is 0 Å². The van der Waals surface area contributed by atoms with Gasteiger partial charge in [0.1, 0.15) is 0 Å². The Labute approximate surface area is 127 Å². The molecule has 0 radical (unpaired) electrons. The van der Waals surface area contributed by atoms with Crippen molar-refractivity contribution in [2.45, 2.75) is 5.92 Å². The molecule has 2 aromatic heterocycles. The molecule has 0 saturated heterocycles. The second kappa shape index (κ2) is 4.66. The molecule has 5 nitrogen and oxygen atoms in total. The molecule has 3 heterocycles. The largest absolute Gasteiger partial charge is 0.311 e. The van der Waals surface area contributed by atoms with Crippen LogP contribution in [-0.4, -0.2) is 34.4 Å². The number of rotatable bonds is 1. The molecular weight excluding hydrogens is 276 g/mol. The molecule has 1 aliphatic heterocycles. The van der Waals surface area contributed by atoms with Crippen LogP contribution in [0.3, 0.4) is 0 Å². The van der Waals surface area contributed by atoms with Crippen molar-refractivity contribution in [3.8, 4) is 0 Å². The lowest BCUT2D eigenvalue weighted by Crippen LogP contribution is -2.15. The van der Waals surface area contributed by atoms with E-state index in [1.165, 1.54) is 5.56 Å². The molecule has 22 heavy (non-hydrogen) atoms. The molecule has 0 amide bonds. The molecule has 1 aromatic carbocycles. The average molecular weight is 292 g/mol. The highest BCUT2D eigenvalue weighted by atomic mass is 16.1. The third-order valence-electron chi connectivity index (χ3n) is 4.30. The summed E-state index contributed by atoms with van der Waals surface area (Å²) >= 11 is 0. The molecule has 5 heteroatoms. The average Bonchev–Trinajstić information content (AvgIpc) is 2.96. The fourth-order valence-electron chi connectivity index (χ4n) is 3.09. The van der Waals surface area contributed by atoms with Crippen molar-refractivity contribution in [3.63, 3.8) is 0 Å². The van der Waals surface area contributed by atoms with Gasteiger partial charge in [-0.3, -0.25) is 14.8 Å². The first-order valence-electron chi connectivity index (χ1n) is 7.27. The molecular formula is C17H16N4O. The number of aromatic nitrogens is 2. The van der Waals surface area contributed by atoms with Crippen molar-refractivity contribution >= 4 is 28.0 Å². The van der Waals surface area contributed by atoms with Crippen LogP contribution in [0, 0.1) is 0 Å². The molecule has 1 aliphatic rings. The first kappa shape index (κ1) is 13.0. The Morgan fingerprint density at radius 3 is 2.82 bits per heavy atom. The van der Waals surface area contributed by atoms with E-state index in [2.05, 4.69) is 22.2 Å². The molecule has 0 saturated carbocycles. The summed E-state index contributed by atoms with van der Waals surface area (Å²) in [6.45, 7) is 0.878. The number of fused-ring (bicyclic) bond motifs is 3. The summed E-state index contributed by atoms with van der Waals surface area (Å²) in [5, 5.41) is 8.23. The molecule has 0 fully saturated rings. The standard InChI is InChI=1S/C17H16N4O/c1-20-10-13(9-19-20)11-3-5-15-14(7-11)17-12(8-18-15)4-6-16(22)21(17)2/h3-9,13H,10H2,1-2H3. The monoisotopic (exact) mass is 292 g/mol. The fraction of sp³-hybridized carbons (Fsp3) is 0.235. The van der Waals surface area contributed by atoms with Crippen molar-refractivity contribution in [1.82, 2.24) is 14.6 Å². The molecule has 1 unspecified atom stereocenters. The number of hydrazone groups is 1. The topological polar surface area (TPSA) is 50.5 Å². The van der Waals surface area contributed by atoms with Crippen molar-refractivity contribution in [1.29, 1.82) is 0 Å². The zero-order valence-corrected chi connectivity index (χ0v) is 12.5. The maximum Gasteiger partial charge on any atom is 0.250 e. The highest BCUT2D eigenvalue weighted by molar-refractivity contribution is 6.03. The number of nitrogens with zero attached hydrogens (tertiary/aromatic N) is 4. The van der Waals surface area contributed by atoms with Gasteiger partial charge in [0.15, 0.2) is 0 Å². The van der Waals surface area contributed by atoms with Gasteiger partial charge in [-0.2, -0.15) is 5.10 Å². The second-order valence-electron chi connectivity index (χ2n) is 5.78. The van der Waals surface area contributed by atoms with Crippen LogP contribution in [-0.2, 0) is 7.05 Å². The summed E-state index contributed by atoms with van der Waals surface area (Å²) in [6, 6.07) is 9.67. The van der Waals surface area contributed by atoms with Crippen LogP contribution in [0.4, 0.5) is 0 Å². The number of benzene rings is 1. The normalized spacial score (nSPS) is 17.7. The Morgan fingerprint density at radius 1 is 1.18 bits per heavy atom. The maximum atomic E-state index is 12.0. The molecule has 4 rings (SSSR count). The minimum absolute atomic E-state index is 0.00688. The highest BCUT2D eigenvalue weighted by Crippen LogP contribution is 2.27. The van der Waals surface area contributed by atoms with Crippen LogP contribution in [0.15, 0.2) is 46.4 Å². The van der Waals surface area contributed by atoms with Crippen LogP contribution < -0.4 is 5.56 Å². The van der Waals surface area contributed by atoms with Gasteiger partial charge in [-0.25, -0.2) is 0 Å². The van der Waals surface area contributed by atoms with E-state index >= 15 is 0 Å². The Hall–Kier alpha value is -2.69. The number of likely N-dealkylation sites (N-methyl/N-ethyl adjacent to an activating group) is 1. The zero-order valence-electron chi connectivity index (χ0n) is 12.5. The first-order chi connectivity index (χ1) is 10.6. The van der Waals surface area contributed by atoms with Gasteiger partial charge in [0.25, 0.3) is 5.56 Å². The summed E-state index contributed by atoms with van der Waals surface area (Å²) in [5.74, 6) is 0.283. The molecule has 1 atom stereocenters. The van der Waals surface area contributed by atoms with Gasteiger partial charge < -0.3 is 4.57 Å². The molecule has 0 N–H and O–H groups in total. The Morgan fingerprint density at radius 2 is 2.05 bits per heavy atom. The summed E-state index contributed by atoms with van der Waals surface area (Å²) in [5.41, 5.74) is 3.03. The van der Waals surface area contributed by atoms with Gasteiger partial charge in [-0.05, 0) is 23.8 Å². The van der Waals surface area contributed by atoms with Gasteiger partial charge in [0.05, 0.1) is 11.0 Å². The van der Waals surface area contributed by atoms with E-state index in [0.29, 0.717) is 0 Å². The van der Waals surface area contributed by atoms with E-state index in [0.717, 1.165) is 28.4 Å². The fourth-order valence-corrected chi connectivity index (χ4v) is 3.09. The second-order valence-corrected chi connectivity index (χ2v) is 5.78. The van der Waals surface area contributed by atoms with Gasteiger partial charge in [0, 0.05) is 55.8 Å². The molecule has 0 spiro atoms. The Balaban J connectivity index is 2.01. The van der Waals surface area contributed by atoms with E-state index in [9.17, 15) is 4.79 Å². The van der Waals surface area contributed by atoms with E-state index in [4.69, 9.17) is 0 Å². The quantitative estimate of drug-likeness (QED) is 0.645. The van der Waals surface area contributed by atoms with Crippen LogP contribution in [0.25, 0.3) is 21.8 Å². The van der Waals surface area contributed by atoms with E-state index in [-0.39, 0.29) is 11.5 Å². The smallest absolute Gasteiger partial charge is 0.250 e. The Bertz CT molecular complexity index is 973. The lowest BCUT2D eigenvalue weighted by atomic mass is 9.98. The van der Waals surface area contributed by atoms with Crippen LogP contribution in [0.5, 0.6) is 0 Å². The third kappa shape index (κ3) is 1.89. The zero-order chi connectivity index (χ0) is 15.3. The van der Waals surface area contributed by atoms with Crippen molar-refractivity contribution in [3.05, 3.63) is 52.4 Å². The lowest BCUT2D eigenvalue weighted by molar-refractivity contribution is 0.381. The predicted octanol–water partition coefficient (Wildman–Crippen LogP) is 2.10. The predicted molar refractivity (Wildman–Crippen MR) is 88.4 cm³/mol. The van der Waals surface area contributed by atoms with E-state index < -0.39 is 0 Å². The molecule has 3 aromatic rings. The first-order valence-corrected chi connectivity index (χ1v) is 7.27. The number of hydrogen-bond donors (Lipinski definition) is 0. The summed E-state index contributed by atoms with van der Waals surface area (Å²) in [4.78, 5) is 16.5. The lowest BCUT2D eigenvalue weighted by Gasteiger charge is -2.13. The Kier molecular flexibility index (Phi) is 2.76. The summed E-state index contributed by atoms with van der Waals surface area (Å²) in [6.07, 6.45) is 3.79. The highest BCUT2D eigenvalue weighted by Gasteiger charge is 2.17. The van der Waals surface area contributed by atoms with E-state index in [1.54, 1.807) is 10.6 Å². The van der Waals surface area contributed by atoms with Gasteiger partial charge in [0.2, 0.25) is 0 Å². The number of pyridine rings is 2. The molecule has 0 aliphatic carbocycles. The molecule has 0 bridgehead atoms. The van der Waals surface area contributed by atoms with Gasteiger partial charge in [-0.1, -0.05) is 6.07 Å². The maximum absolute atomic E-state index is 12.0. The van der Waals surface area contributed by atoms with Crippen molar-refractivity contribution in [2.24, 2.45) is 12.1 Å². The van der Waals surface area contributed by atoms with Crippen LogP contribution >= 0.6 is 0 Å². The third-order valence-corrected chi connectivity index (χ3v) is 4.30. The van der Waals surface area contributed by atoms with Gasteiger partial charge >= 0.3 is 0 Å². The summed E-state index contributed by atoms with van der Waals surface area (Å²) < 4.78 is 1.69.